The summed E-state index contributed by atoms with van der Waals surface area (Å²) in [6, 6.07) is 8.24. The summed E-state index contributed by atoms with van der Waals surface area (Å²) in [6.07, 6.45) is 0. The molecule has 3 N–H and O–H groups in total. The van der Waals surface area contributed by atoms with Gasteiger partial charge in [-0.2, -0.15) is 0 Å². The molecule has 0 bridgehead atoms. The number of rotatable bonds is 5. The first kappa shape index (κ1) is 14.6. The Bertz CT molecular complexity index is 363. The fourth-order valence-corrected chi connectivity index (χ4v) is 2.42. The van der Waals surface area contributed by atoms with E-state index in [0.29, 0.717) is 13.1 Å². The van der Waals surface area contributed by atoms with Gasteiger partial charge in [-0.25, -0.2) is 0 Å². The van der Waals surface area contributed by atoms with E-state index < -0.39 is 5.60 Å². The average molecular weight is 301 g/mol. The number of aliphatic hydroxyl groups is 1. The molecule has 0 saturated carbocycles. The van der Waals surface area contributed by atoms with Crippen LogP contribution >= 0.6 is 15.9 Å². The second-order valence-corrected chi connectivity index (χ2v) is 5.95. The van der Waals surface area contributed by atoms with Gasteiger partial charge in [-0.05, 0) is 38.6 Å². The number of hydrogen-bond donors (Lipinski definition) is 2. The van der Waals surface area contributed by atoms with Crippen LogP contribution < -0.4 is 5.73 Å². The van der Waals surface area contributed by atoms with Crippen LogP contribution in [0.15, 0.2) is 28.7 Å². The largest absolute Gasteiger partial charge is 0.389 e. The van der Waals surface area contributed by atoms with Crippen molar-refractivity contribution >= 4 is 15.9 Å². The smallest absolute Gasteiger partial charge is 0.0718 e. The minimum atomic E-state index is -0.714. The van der Waals surface area contributed by atoms with Gasteiger partial charge in [-0.15, -0.1) is 0 Å². The highest BCUT2D eigenvalue weighted by molar-refractivity contribution is 9.10. The van der Waals surface area contributed by atoms with Gasteiger partial charge in [0.15, 0.2) is 0 Å². The van der Waals surface area contributed by atoms with E-state index in [1.807, 2.05) is 19.2 Å². The molecule has 1 atom stereocenters. The lowest BCUT2D eigenvalue weighted by atomic mass is 10.0. The van der Waals surface area contributed by atoms with Crippen LogP contribution in [0, 0.1) is 0 Å². The van der Waals surface area contributed by atoms with Crippen molar-refractivity contribution in [3.8, 4) is 0 Å². The first-order valence-electron chi connectivity index (χ1n) is 5.71. The molecule has 96 valence electrons. The number of nitrogens with zero attached hydrogens (tertiary/aromatic N) is 1. The highest BCUT2D eigenvalue weighted by Crippen LogP contribution is 2.23. The third-order valence-corrected chi connectivity index (χ3v) is 3.12. The first-order valence-corrected chi connectivity index (χ1v) is 6.51. The molecule has 0 aliphatic rings. The summed E-state index contributed by atoms with van der Waals surface area (Å²) in [6.45, 7) is 4.72. The zero-order chi connectivity index (χ0) is 13.1. The van der Waals surface area contributed by atoms with Gasteiger partial charge in [-0.1, -0.05) is 28.1 Å². The summed E-state index contributed by atoms with van der Waals surface area (Å²) in [4.78, 5) is 2.09. The van der Waals surface area contributed by atoms with Crippen molar-refractivity contribution in [1.82, 2.24) is 4.90 Å². The summed E-state index contributed by atoms with van der Waals surface area (Å²) in [5, 5.41) is 9.84. The number of halogens is 1. The fraction of sp³-hybridized carbons (Fsp3) is 0.538. The Labute approximate surface area is 112 Å². The first-order chi connectivity index (χ1) is 7.83. The molecular formula is C13H21BrN2O. The Kier molecular flexibility index (Phi) is 5.13. The van der Waals surface area contributed by atoms with Gasteiger partial charge < -0.3 is 10.8 Å². The zero-order valence-electron chi connectivity index (χ0n) is 10.7. The van der Waals surface area contributed by atoms with Crippen LogP contribution in [0.4, 0.5) is 0 Å². The van der Waals surface area contributed by atoms with Gasteiger partial charge in [0.1, 0.15) is 0 Å². The quantitative estimate of drug-likeness (QED) is 0.876. The van der Waals surface area contributed by atoms with E-state index in [2.05, 4.69) is 33.0 Å². The van der Waals surface area contributed by atoms with Gasteiger partial charge in [0.05, 0.1) is 5.60 Å². The van der Waals surface area contributed by atoms with Crippen molar-refractivity contribution in [1.29, 1.82) is 0 Å². The normalized spacial score (nSPS) is 14.1. The van der Waals surface area contributed by atoms with Crippen LogP contribution in [-0.4, -0.2) is 35.7 Å². The van der Waals surface area contributed by atoms with Crippen LogP contribution in [0.1, 0.15) is 25.5 Å². The predicted molar refractivity (Wildman–Crippen MR) is 74.9 cm³/mol. The Morgan fingerprint density at radius 1 is 1.47 bits per heavy atom. The molecule has 0 aliphatic heterocycles. The molecule has 4 heteroatoms. The number of hydrogen-bond acceptors (Lipinski definition) is 3. The summed E-state index contributed by atoms with van der Waals surface area (Å²) >= 11 is 3.46. The maximum atomic E-state index is 9.84. The SMILES string of the molecule is CN(CC(C)(C)O)C(CN)c1cccc(Br)c1. The maximum Gasteiger partial charge on any atom is 0.0718 e. The predicted octanol–water partition coefficient (Wildman–Crippen LogP) is 2.15. The average Bonchev–Trinajstić information content (AvgIpc) is 2.15. The second-order valence-electron chi connectivity index (χ2n) is 5.03. The van der Waals surface area contributed by atoms with Crippen molar-refractivity contribution in [2.24, 2.45) is 5.73 Å². The van der Waals surface area contributed by atoms with E-state index in [0.717, 1.165) is 10.0 Å². The Morgan fingerprint density at radius 2 is 2.12 bits per heavy atom. The van der Waals surface area contributed by atoms with Crippen LogP contribution in [0.3, 0.4) is 0 Å². The Balaban J connectivity index is 2.84. The molecule has 0 spiro atoms. The van der Waals surface area contributed by atoms with E-state index in [1.165, 1.54) is 0 Å². The lowest BCUT2D eigenvalue weighted by molar-refractivity contribution is 0.0321. The van der Waals surface area contributed by atoms with Crippen molar-refractivity contribution in [3.05, 3.63) is 34.3 Å². The fourth-order valence-electron chi connectivity index (χ4n) is 2.00. The third kappa shape index (κ3) is 4.76. The highest BCUT2D eigenvalue weighted by Gasteiger charge is 2.22. The van der Waals surface area contributed by atoms with E-state index in [9.17, 15) is 5.11 Å². The number of benzene rings is 1. The molecule has 1 unspecified atom stereocenters. The van der Waals surface area contributed by atoms with E-state index in [1.54, 1.807) is 13.8 Å². The molecule has 0 radical (unpaired) electrons. The standard InChI is InChI=1S/C13H21BrN2O/c1-13(2,17)9-16(3)12(8-15)10-5-4-6-11(14)7-10/h4-7,12,17H,8-9,15H2,1-3H3. The van der Waals surface area contributed by atoms with Crippen LogP contribution in [0.5, 0.6) is 0 Å². The minimum Gasteiger partial charge on any atom is -0.389 e. The molecule has 17 heavy (non-hydrogen) atoms. The van der Waals surface area contributed by atoms with E-state index in [4.69, 9.17) is 5.73 Å². The van der Waals surface area contributed by atoms with Crippen molar-refractivity contribution in [3.63, 3.8) is 0 Å². The molecule has 0 aliphatic carbocycles. The number of likely N-dealkylation sites (N-methyl/N-ethyl adjacent to an activating group) is 1. The summed E-state index contributed by atoms with van der Waals surface area (Å²) in [7, 11) is 1.98. The molecule has 0 fully saturated rings. The van der Waals surface area contributed by atoms with Crippen molar-refractivity contribution < 1.29 is 5.11 Å². The molecule has 0 aromatic heterocycles. The van der Waals surface area contributed by atoms with Crippen LogP contribution in [0.25, 0.3) is 0 Å². The molecule has 1 aromatic rings. The molecular weight excluding hydrogens is 280 g/mol. The van der Waals surface area contributed by atoms with E-state index in [-0.39, 0.29) is 6.04 Å². The summed E-state index contributed by atoms with van der Waals surface area (Å²) in [5.41, 5.74) is 6.28. The van der Waals surface area contributed by atoms with Gasteiger partial charge in [0.25, 0.3) is 0 Å². The van der Waals surface area contributed by atoms with Gasteiger partial charge in [-0.3, -0.25) is 4.90 Å². The minimum absolute atomic E-state index is 0.124. The highest BCUT2D eigenvalue weighted by atomic mass is 79.9. The monoisotopic (exact) mass is 300 g/mol. The molecule has 0 amide bonds. The lowest BCUT2D eigenvalue weighted by Crippen LogP contribution is -2.40. The van der Waals surface area contributed by atoms with Crippen molar-refractivity contribution in [2.45, 2.75) is 25.5 Å². The Morgan fingerprint density at radius 3 is 2.59 bits per heavy atom. The molecule has 0 heterocycles. The van der Waals surface area contributed by atoms with E-state index >= 15 is 0 Å². The zero-order valence-corrected chi connectivity index (χ0v) is 12.2. The van der Waals surface area contributed by atoms with Crippen LogP contribution in [-0.2, 0) is 0 Å². The van der Waals surface area contributed by atoms with Gasteiger partial charge in [0, 0.05) is 23.6 Å². The lowest BCUT2D eigenvalue weighted by Gasteiger charge is -2.32. The molecule has 0 saturated heterocycles. The topological polar surface area (TPSA) is 49.5 Å². The summed E-state index contributed by atoms with van der Waals surface area (Å²) in [5.74, 6) is 0. The maximum absolute atomic E-state index is 9.84. The van der Waals surface area contributed by atoms with Crippen LogP contribution in [0.2, 0.25) is 0 Å². The Hall–Kier alpha value is -0.420. The number of nitrogens with two attached hydrogens (primary N) is 1. The van der Waals surface area contributed by atoms with Gasteiger partial charge >= 0.3 is 0 Å². The second kappa shape index (κ2) is 5.96. The molecule has 3 nitrogen and oxygen atoms in total. The van der Waals surface area contributed by atoms with Crippen molar-refractivity contribution in [2.75, 3.05) is 20.1 Å². The molecule has 1 aromatic carbocycles. The molecule has 1 rings (SSSR count). The third-order valence-electron chi connectivity index (χ3n) is 2.63. The van der Waals surface area contributed by atoms with Gasteiger partial charge in [0.2, 0.25) is 0 Å². The summed E-state index contributed by atoms with van der Waals surface area (Å²) < 4.78 is 1.05.